The molecule has 0 bridgehead atoms. The average molecular weight is 503 g/mol. The average Bonchev–Trinajstić information content (AvgIpc) is 3.27. The zero-order chi connectivity index (χ0) is 26.6. The highest BCUT2D eigenvalue weighted by Gasteiger charge is 2.24. The minimum atomic E-state index is -1.76. The monoisotopic (exact) mass is 502 g/mol. The van der Waals surface area contributed by atoms with Crippen LogP contribution in [0.15, 0.2) is 67.3 Å². The van der Waals surface area contributed by atoms with Crippen LogP contribution in [0.1, 0.15) is 75.7 Å². The molecule has 1 heterocycles. The Kier molecular flexibility index (Phi) is 7.96. The van der Waals surface area contributed by atoms with Gasteiger partial charge in [0.2, 0.25) is 5.85 Å². The highest BCUT2D eigenvalue weighted by molar-refractivity contribution is 5.83. The van der Waals surface area contributed by atoms with E-state index in [0.29, 0.717) is 23.4 Å². The van der Waals surface area contributed by atoms with E-state index in [1.165, 1.54) is 19.4 Å². The van der Waals surface area contributed by atoms with E-state index in [0.717, 1.165) is 53.4 Å². The Bertz CT molecular complexity index is 1320. The van der Waals surface area contributed by atoms with Gasteiger partial charge in [-0.2, -0.15) is 4.39 Å². The Labute approximate surface area is 217 Å². The van der Waals surface area contributed by atoms with Crippen molar-refractivity contribution in [2.45, 2.75) is 64.6 Å². The molecule has 2 aromatic carbocycles. The standard InChI is InChI=1S/C31H35FN2O3/c1-5-22(23-12-14-25(15-13-23)24-10-7-21(8-11-24)18-29(35)36)9-6-20(2)30-33-27-17-16-26(19-28(27)34-30)37-31(3,4)32/h5-6,9,12-17,19,21,24H,2,7-8,10-11,18H2,1,3-4H3,(H,33,34)(H,35,36)/b9-6-,22-5+. The fourth-order valence-corrected chi connectivity index (χ4v) is 5.01. The van der Waals surface area contributed by atoms with Gasteiger partial charge in [-0.05, 0) is 73.3 Å². The quantitative estimate of drug-likeness (QED) is 0.290. The van der Waals surface area contributed by atoms with E-state index < -0.39 is 11.8 Å². The first-order valence-electron chi connectivity index (χ1n) is 12.8. The number of carbonyl (C=O) groups is 1. The van der Waals surface area contributed by atoms with E-state index in [4.69, 9.17) is 9.84 Å². The highest BCUT2D eigenvalue weighted by Crippen LogP contribution is 2.37. The number of allylic oxidation sites excluding steroid dienone is 5. The van der Waals surface area contributed by atoms with E-state index in [-0.39, 0.29) is 6.42 Å². The fraction of sp³-hybridized carbons (Fsp3) is 0.355. The summed E-state index contributed by atoms with van der Waals surface area (Å²) in [4.78, 5) is 18.8. The molecule has 1 aromatic heterocycles. The third-order valence-corrected chi connectivity index (χ3v) is 6.92. The first-order chi connectivity index (χ1) is 17.6. The molecule has 1 aliphatic rings. The predicted octanol–water partition coefficient (Wildman–Crippen LogP) is 8.07. The second kappa shape index (κ2) is 11.2. The summed E-state index contributed by atoms with van der Waals surface area (Å²) in [5.41, 5.74) is 5.77. The van der Waals surface area contributed by atoms with Gasteiger partial charge in [-0.1, -0.05) is 49.1 Å². The van der Waals surface area contributed by atoms with Crippen LogP contribution in [0.25, 0.3) is 22.2 Å². The number of nitrogens with one attached hydrogen (secondary N) is 1. The molecule has 0 amide bonds. The molecular weight excluding hydrogens is 467 g/mol. The summed E-state index contributed by atoms with van der Waals surface area (Å²) >= 11 is 0. The summed E-state index contributed by atoms with van der Waals surface area (Å²) in [5, 5.41) is 9.04. The molecular formula is C31H35FN2O3. The molecule has 37 heavy (non-hydrogen) atoms. The van der Waals surface area contributed by atoms with Crippen molar-refractivity contribution in [2.24, 2.45) is 5.92 Å². The van der Waals surface area contributed by atoms with E-state index in [2.05, 4.69) is 46.9 Å². The van der Waals surface area contributed by atoms with Crippen LogP contribution >= 0.6 is 0 Å². The van der Waals surface area contributed by atoms with Crippen molar-refractivity contribution < 1.29 is 19.0 Å². The Morgan fingerprint density at radius 1 is 1.16 bits per heavy atom. The van der Waals surface area contributed by atoms with Crippen LogP contribution in [-0.2, 0) is 4.79 Å². The lowest BCUT2D eigenvalue weighted by Crippen LogP contribution is -2.20. The van der Waals surface area contributed by atoms with E-state index in [1.807, 2.05) is 19.1 Å². The summed E-state index contributed by atoms with van der Waals surface area (Å²) in [7, 11) is 0. The van der Waals surface area contributed by atoms with Crippen molar-refractivity contribution >= 4 is 28.1 Å². The molecule has 6 heteroatoms. The van der Waals surface area contributed by atoms with Crippen molar-refractivity contribution in [3.05, 3.63) is 84.2 Å². The van der Waals surface area contributed by atoms with Crippen LogP contribution < -0.4 is 4.74 Å². The van der Waals surface area contributed by atoms with Gasteiger partial charge in [0.15, 0.2) is 0 Å². The number of carboxylic acid groups (broad SMARTS) is 1. The molecule has 1 saturated carbocycles. The third kappa shape index (κ3) is 6.97. The van der Waals surface area contributed by atoms with Crippen molar-refractivity contribution in [3.63, 3.8) is 0 Å². The normalized spacial score (nSPS) is 18.9. The maximum absolute atomic E-state index is 13.8. The van der Waals surface area contributed by atoms with E-state index in [1.54, 1.807) is 18.2 Å². The minimum Gasteiger partial charge on any atom is -0.481 e. The maximum atomic E-state index is 13.8. The number of nitrogens with zero attached hydrogens (tertiary/aromatic N) is 1. The van der Waals surface area contributed by atoms with Crippen LogP contribution in [0.4, 0.5) is 4.39 Å². The second-order valence-corrected chi connectivity index (χ2v) is 10.3. The maximum Gasteiger partial charge on any atom is 0.303 e. The number of halogens is 1. The highest BCUT2D eigenvalue weighted by atomic mass is 19.2. The number of aliphatic carboxylic acids is 1. The second-order valence-electron chi connectivity index (χ2n) is 10.3. The van der Waals surface area contributed by atoms with Crippen molar-refractivity contribution in [3.8, 4) is 5.75 Å². The number of rotatable bonds is 9. The Hall–Kier alpha value is -3.67. The molecule has 0 atom stereocenters. The lowest BCUT2D eigenvalue weighted by molar-refractivity contribution is -0.138. The molecule has 4 rings (SSSR count). The van der Waals surface area contributed by atoms with E-state index >= 15 is 0 Å². The summed E-state index contributed by atoms with van der Waals surface area (Å²) < 4.78 is 19.1. The fourth-order valence-electron chi connectivity index (χ4n) is 5.01. The molecule has 3 aromatic rings. The van der Waals surface area contributed by atoms with Gasteiger partial charge in [-0.3, -0.25) is 4.79 Å². The molecule has 1 fully saturated rings. The van der Waals surface area contributed by atoms with E-state index in [9.17, 15) is 9.18 Å². The number of aromatic amines is 1. The van der Waals surface area contributed by atoms with Gasteiger partial charge >= 0.3 is 5.97 Å². The molecule has 0 radical (unpaired) electrons. The zero-order valence-electron chi connectivity index (χ0n) is 21.8. The van der Waals surface area contributed by atoms with Crippen LogP contribution in [0.2, 0.25) is 0 Å². The number of aromatic nitrogens is 2. The SMILES string of the molecule is C=C(/C=C\C(=C/C)c1ccc(C2CCC(CC(=O)O)CC2)cc1)c1nc2ccc(OC(C)(C)F)cc2[nH]1. The summed E-state index contributed by atoms with van der Waals surface area (Å²) in [6, 6.07) is 13.9. The molecule has 0 unspecified atom stereocenters. The number of hydrogen-bond acceptors (Lipinski definition) is 3. The molecule has 0 spiro atoms. The minimum absolute atomic E-state index is 0.287. The molecule has 5 nitrogen and oxygen atoms in total. The van der Waals surface area contributed by atoms with Gasteiger partial charge < -0.3 is 14.8 Å². The van der Waals surface area contributed by atoms with Crippen molar-refractivity contribution in [2.75, 3.05) is 0 Å². The van der Waals surface area contributed by atoms with Crippen LogP contribution in [-0.4, -0.2) is 26.9 Å². The number of carboxylic acids is 1. The number of fused-ring (bicyclic) bond motifs is 1. The Morgan fingerprint density at radius 2 is 1.86 bits per heavy atom. The topological polar surface area (TPSA) is 75.2 Å². The van der Waals surface area contributed by atoms with Crippen LogP contribution in [0.5, 0.6) is 5.75 Å². The summed E-state index contributed by atoms with van der Waals surface area (Å²) in [6.45, 7) is 8.90. The number of hydrogen-bond donors (Lipinski definition) is 2. The number of benzene rings is 2. The molecule has 1 aliphatic carbocycles. The molecule has 0 saturated heterocycles. The van der Waals surface area contributed by atoms with Gasteiger partial charge in [0.1, 0.15) is 11.6 Å². The van der Waals surface area contributed by atoms with Gasteiger partial charge in [-0.15, -0.1) is 0 Å². The Morgan fingerprint density at radius 3 is 2.49 bits per heavy atom. The lowest BCUT2D eigenvalue weighted by Gasteiger charge is -2.28. The Balaban J connectivity index is 1.40. The predicted molar refractivity (Wildman–Crippen MR) is 147 cm³/mol. The number of alkyl halides is 1. The summed E-state index contributed by atoms with van der Waals surface area (Å²) in [6.07, 6.45) is 10.4. The third-order valence-electron chi connectivity index (χ3n) is 6.92. The zero-order valence-corrected chi connectivity index (χ0v) is 21.8. The van der Waals surface area contributed by atoms with Gasteiger partial charge in [-0.25, -0.2) is 4.98 Å². The number of ether oxygens (including phenoxy) is 1. The van der Waals surface area contributed by atoms with Crippen molar-refractivity contribution in [1.82, 2.24) is 9.97 Å². The largest absolute Gasteiger partial charge is 0.481 e. The molecule has 2 N–H and O–H groups in total. The van der Waals surface area contributed by atoms with Gasteiger partial charge in [0, 0.05) is 31.9 Å². The molecule has 194 valence electrons. The molecule has 0 aliphatic heterocycles. The first kappa shape index (κ1) is 26.4. The van der Waals surface area contributed by atoms with Gasteiger partial charge in [0.25, 0.3) is 0 Å². The lowest BCUT2D eigenvalue weighted by atomic mass is 9.77. The van der Waals surface area contributed by atoms with Gasteiger partial charge in [0.05, 0.1) is 11.0 Å². The number of H-pyrrole nitrogens is 1. The van der Waals surface area contributed by atoms with Crippen molar-refractivity contribution in [1.29, 1.82) is 0 Å². The smallest absolute Gasteiger partial charge is 0.303 e. The van der Waals surface area contributed by atoms with Crippen LogP contribution in [0, 0.1) is 5.92 Å². The number of imidazole rings is 1. The first-order valence-corrected chi connectivity index (χ1v) is 12.8. The summed E-state index contributed by atoms with van der Waals surface area (Å²) in [5.74, 6) is -0.560. The van der Waals surface area contributed by atoms with Crippen LogP contribution in [0.3, 0.4) is 0 Å².